The molecular weight excluding hydrogens is 298 g/mol. The minimum Gasteiger partial charge on any atom is -0.381 e. The first-order valence-electron chi connectivity index (χ1n) is 7.28. The summed E-state index contributed by atoms with van der Waals surface area (Å²) in [5, 5.41) is 14.7. The molecule has 5 heteroatoms. The van der Waals surface area contributed by atoms with Gasteiger partial charge >= 0.3 is 0 Å². The van der Waals surface area contributed by atoms with Crippen LogP contribution in [-0.4, -0.2) is 28.2 Å². The third kappa shape index (κ3) is 3.04. The van der Waals surface area contributed by atoms with Gasteiger partial charge in [0, 0.05) is 29.5 Å². The van der Waals surface area contributed by atoms with Gasteiger partial charge in [0.15, 0.2) is 5.82 Å². The third-order valence-electron chi connectivity index (χ3n) is 3.97. The summed E-state index contributed by atoms with van der Waals surface area (Å²) in [7, 11) is 0. The first kappa shape index (κ1) is 15.2. The summed E-state index contributed by atoms with van der Waals surface area (Å²) in [6.45, 7) is 3.53. The van der Waals surface area contributed by atoms with Crippen LogP contribution in [0, 0.1) is 0 Å². The molecule has 1 aromatic carbocycles. The van der Waals surface area contributed by atoms with E-state index < -0.39 is 5.60 Å². The number of nitrogens with zero attached hydrogens (tertiary/aromatic N) is 2. The van der Waals surface area contributed by atoms with Gasteiger partial charge in [0.05, 0.1) is 0 Å². The Balaban J connectivity index is 1.88. The maximum absolute atomic E-state index is 10.8. The molecule has 2 heterocycles. The van der Waals surface area contributed by atoms with Gasteiger partial charge in [-0.05, 0) is 43.2 Å². The van der Waals surface area contributed by atoms with Gasteiger partial charge in [-0.15, -0.1) is 0 Å². The Morgan fingerprint density at radius 2 is 1.82 bits per heavy atom. The topological polar surface area (TPSA) is 58.0 Å². The Kier molecular flexibility index (Phi) is 4.25. The SMILES string of the molecule is CC(O)(c1ccc(Cl)cc1)c1cnc(C2=CCNCC2)nc1. The molecule has 1 atom stereocenters. The van der Waals surface area contributed by atoms with E-state index in [2.05, 4.69) is 21.4 Å². The summed E-state index contributed by atoms with van der Waals surface area (Å²) in [5.74, 6) is 0.733. The lowest BCUT2D eigenvalue weighted by Gasteiger charge is -2.24. The number of aliphatic hydroxyl groups is 1. The maximum Gasteiger partial charge on any atom is 0.154 e. The molecule has 3 rings (SSSR count). The van der Waals surface area contributed by atoms with Crippen molar-refractivity contribution in [2.45, 2.75) is 18.9 Å². The molecule has 2 N–H and O–H groups in total. The monoisotopic (exact) mass is 315 g/mol. The number of benzene rings is 1. The molecule has 1 aliphatic rings. The van der Waals surface area contributed by atoms with Crippen molar-refractivity contribution in [2.24, 2.45) is 0 Å². The quantitative estimate of drug-likeness (QED) is 0.914. The van der Waals surface area contributed by atoms with Crippen molar-refractivity contribution in [2.75, 3.05) is 13.1 Å². The molecule has 0 fully saturated rings. The minimum absolute atomic E-state index is 0.643. The van der Waals surface area contributed by atoms with Crippen LogP contribution in [0.5, 0.6) is 0 Å². The highest BCUT2D eigenvalue weighted by atomic mass is 35.5. The standard InChI is InChI=1S/C17H18ClN3O/c1-17(22,13-2-4-15(18)5-3-13)14-10-20-16(21-11-14)12-6-8-19-9-7-12/h2-6,10-11,19,22H,7-9H2,1H3. The fourth-order valence-electron chi connectivity index (χ4n) is 2.51. The highest BCUT2D eigenvalue weighted by Crippen LogP contribution is 2.29. The molecule has 22 heavy (non-hydrogen) atoms. The Morgan fingerprint density at radius 3 is 2.41 bits per heavy atom. The lowest BCUT2D eigenvalue weighted by atomic mass is 9.90. The lowest BCUT2D eigenvalue weighted by Crippen LogP contribution is -2.24. The van der Waals surface area contributed by atoms with Crippen LogP contribution in [-0.2, 0) is 5.60 Å². The number of hydrogen-bond acceptors (Lipinski definition) is 4. The Labute approximate surface area is 134 Å². The summed E-state index contributed by atoms with van der Waals surface area (Å²) in [5.41, 5.74) is 1.42. The fraction of sp³-hybridized carbons (Fsp3) is 0.294. The normalized spacial score (nSPS) is 17.7. The van der Waals surface area contributed by atoms with Gasteiger partial charge in [-0.3, -0.25) is 0 Å². The highest BCUT2D eigenvalue weighted by molar-refractivity contribution is 6.30. The van der Waals surface area contributed by atoms with Crippen LogP contribution >= 0.6 is 11.6 Å². The smallest absolute Gasteiger partial charge is 0.154 e. The second-order valence-corrected chi connectivity index (χ2v) is 5.99. The number of hydrogen-bond donors (Lipinski definition) is 2. The number of rotatable bonds is 3. The van der Waals surface area contributed by atoms with E-state index in [-0.39, 0.29) is 0 Å². The Bertz CT molecular complexity index is 678. The molecule has 0 radical (unpaired) electrons. The largest absolute Gasteiger partial charge is 0.381 e. The van der Waals surface area contributed by atoms with Crippen molar-refractivity contribution in [3.05, 3.63) is 64.7 Å². The first-order chi connectivity index (χ1) is 10.6. The first-order valence-corrected chi connectivity index (χ1v) is 7.66. The second-order valence-electron chi connectivity index (χ2n) is 5.56. The average molecular weight is 316 g/mol. The molecular formula is C17H18ClN3O. The van der Waals surface area contributed by atoms with E-state index in [0.717, 1.165) is 36.5 Å². The van der Waals surface area contributed by atoms with Crippen molar-refractivity contribution >= 4 is 17.2 Å². The van der Waals surface area contributed by atoms with Gasteiger partial charge in [-0.25, -0.2) is 9.97 Å². The Morgan fingerprint density at radius 1 is 1.14 bits per heavy atom. The molecule has 0 aliphatic carbocycles. The van der Waals surface area contributed by atoms with Gasteiger partial charge in [0.25, 0.3) is 0 Å². The number of aromatic nitrogens is 2. The maximum atomic E-state index is 10.8. The number of halogens is 1. The Hall–Kier alpha value is -1.75. The van der Waals surface area contributed by atoms with Crippen LogP contribution in [0.1, 0.15) is 30.3 Å². The van der Waals surface area contributed by atoms with E-state index in [9.17, 15) is 5.11 Å². The predicted molar refractivity (Wildman–Crippen MR) is 87.6 cm³/mol. The van der Waals surface area contributed by atoms with E-state index in [1.54, 1.807) is 31.5 Å². The summed E-state index contributed by atoms with van der Waals surface area (Å²) < 4.78 is 0. The number of nitrogens with one attached hydrogen (secondary N) is 1. The lowest BCUT2D eigenvalue weighted by molar-refractivity contribution is 0.101. The van der Waals surface area contributed by atoms with Crippen molar-refractivity contribution < 1.29 is 5.11 Å². The second kappa shape index (κ2) is 6.16. The van der Waals surface area contributed by atoms with E-state index >= 15 is 0 Å². The van der Waals surface area contributed by atoms with Gasteiger partial charge in [-0.2, -0.15) is 0 Å². The van der Waals surface area contributed by atoms with Crippen molar-refractivity contribution in [1.29, 1.82) is 0 Å². The van der Waals surface area contributed by atoms with Gasteiger partial charge < -0.3 is 10.4 Å². The summed E-state index contributed by atoms with van der Waals surface area (Å²) in [4.78, 5) is 8.84. The molecule has 0 spiro atoms. The zero-order chi connectivity index (χ0) is 15.6. The van der Waals surface area contributed by atoms with Crippen LogP contribution in [0.4, 0.5) is 0 Å². The zero-order valence-corrected chi connectivity index (χ0v) is 13.1. The van der Waals surface area contributed by atoms with Crippen LogP contribution in [0.25, 0.3) is 5.57 Å². The van der Waals surface area contributed by atoms with Crippen LogP contribution in [0.15, 0.2) is 42.7 Å². The van der Waals surface area contributed by atoms with Crippen molar-refractivity contribution in [3.63, 3.8) is 0 Å². The van der Waals surface area contributed by atoms with Crippen molar-refractivity contribution in [1.82, 2.24) is 15.3 Å². The average Bonchev–Trinajstić information content (AvgIpc) is 2.56. The summed E-state index contributed by atoms with van der Waals surface area (Å²) in [6, 6.07) is 7.15. The molecule has 1 unspecified atom stereocenters. The fourth-order valence-corrected chi connectivity index (χ4v) is 2.64. The minimum atomic E-state index is -1.15. The van der Waals surface area contributed by atoms with E-state index in [1.165, 1.54) is 0 Å². The van der Waals surface area contributed by atoms with Gasteiger partial charge in [-0.1, -0.05) is 29.8 Å². The molecule has 4 nitrogen and oxygen atoms in total. The molecule has 0 bridgehead atoms. The molecule has 114 valence electrons. The van der Waals surface area contributed by atoms with E-state index in [4.69, 9.17) is 11.6 Å². The zero-order valence-electron chi connectivity index (χ0n) is 12.4. The highest BCUT2D eigenvalue weighted by Gasteiger charge is 2.26. The summed E-state index contributed by atoms with van der Waals surface area (Å²) >= 11 is 5.90. The molecule has 1 aromatic heterocycles. The van der Waals surface area contributed by atoms with Gasteiger partial charge in [0.2, 0.25) is 0 Å². The molecule has 0 saturated heterocycles. The molecule has 0 saturated carbocycles. The molecule has 0 amide bonds. The van der Waals surface area contributed by atoms with Gasteiger partial charge in [0.1, 0.15) is 5.60 Å². The van der Waals surface area contributed by atoms with Crippen LogP contribution in [0.2, 0.25) is 5.02 Å². The van der Waals surface area contributed by atoms with E-state index in [1.807, 2.05) is 12.1 Å². The molecule has 2 aromatic rings. The molecule has 1 aliphatic heterocycles. The van der Waals surface area contributed by atoms with E-state index in [0.29, 0.717) is 10.6 Å². The predicted octanol–water partition coefficient (Wildman–Crippen LogP) is 2.76. The van der Waals surface area contributed by atoms with Crippen LogP contribution in [0.3, 0.4) is 0 Å². The summed E-state index contributed by atoms with van der Waals surface area (Å²) in [6.07, 6.45) is 6.42. The third-order valence-corrected chi connectivity index (χ3v) is 4.22. The van der Waals surface area contributed by atoms with Crippen LogP contribution < -0.4 is 5.32 Å². The van der Waals surface area contributed by atoms with Crippen molar-refractivity contribution in [3.8, 4) is 0 Å².